The lowest BCUT2D eigenvalue weighted by Crippen LogP contribution is -2.39. The van der Waals surface area contributed by atoms with Gasteiger partial charge in [-0.2, -0.15) is 0 Å². The molecule has 0 aliphatic carbocycles. The van der Waals surface area contributed by atoms with E-state index in [1.54, 1.807) is 0 Å². The number of rotatable bonds is 5. The van der Waals surface area contributed by atoms with Gasteiger partial charge in [0.05, 0.1) is 18.3 Å². The number of aromatic nitrogens is 1. The average Bonchev–Trinajstić information content (AvgIpc) is 2.36. The Labute approximate surface area is 111 Å². The summed E-state index contributed by atoms with van der Waals surface area (Å²) in [6, 6.07) is 0.875. The molecule has 0 radical (unpaired) electrons. The molecule has 0 saturated carbocycles. The second kappa shape index (κ2) is 6.64. The number of nitrogens with one attached hydrogen (secondary N) is 2. The standard InChI is InChI=1S/C10H9ClFN3O4/c11-9-6(1-5(12)2-14-9)10(19)15-3-7(16)13-4-8(17)18/h1-2H,3-4H2,(H,13,16)(H,15,19)(H,17,18). The van der Waals surface area contributed by atoms with E-state index in [1.165, 1.54) is 0 Å². The number of aliphatic carboxylic acids is 1. The SMILES string of the molecule is O=C(O)CNC(=O)CNC(=O)c1cc(F)cnc1Cl. The molecular weight excluding hydrogens is 281 g/mol. The minimum atomic E-state index is -1.21. The van der Waals surface area contributed by atoms with E-state index in [1.807, 2.05) is 5.32 Å². The summed E-state index contributed by atoms with van der Waals surface area (Å²) in [5.41, 5.74) is -0.215. The van der Waals surface area contributed by atoms with Crippen LogP contribution in [0.15, 0.2) is 12.3 Å². The van der Waals surface area contributed by atoms with Crippen molar-refractivity contribution in [1.82, 2.24) is 15.6 Å². The Morgan fingerprint density at radius 1 is 1.32 bits per heavy atom. The number of hydrogen-bond acceptors (Lipinski definition) is 4. The van der Waals surface area contributed by atoms with Crippen molar-refractivity contribution in [3.63, 3.8) is 0 Å². The number of amides is 2. The summed E-state index contributed by atoms with van der Waals surface area (Å²) in [5.74, 6) is -3.44. The molecule has 0 aliphatic heterocycles. The second-order valence-corrected chi connectivity index (χ2v) is 3.70. The Bertz CT molecular complexity index is 523. The van der Waals surface area contributed by atoms with Gasteiger partial charge in [-0.15, -0.1) is 0 Å². The number of hydrogen-bond donors (Lipinski definition) is 3. The first kappa shape index (κ1) is 14.8. The maximum atomic E-state index is 12.9. The van der Waals surface area contributed by atoms with Gasteiger partial charge in [-0.25, -0.2) is 9.37 Å². The van der Waals surface area contributed by atoms with Crippen LogP contribution >= 0.6 is 11.6 Å². The number of carboxylic acid groups (broad SMARTS) is 1. The second-order valence-electron chi connectivity index (χ2n) is 3.35. The highest BCUT2D eigenvalue weighted by atomic mass is 35.5. The van der Waals surface area contributed by atoms with E-state index >= 15 is 0 Å². The Balaban J connectivity index is 2.53. The van der Waals surface area contributed by atoms with Crippen LogP contribution in [0.3, 0.4) is 0 Å². The van der Waals surface area contributed by atoms with Crippen LogP contribution in [0.25, 0.3) is 0 Å². The number of nitrogens with zero attached hydrogens (tertiary/aromatic N) is 1. The van der Waals surface area contributed by atoms with Crippen LogP contribution in [0.5, 0.6) is 0 Å². The van der Waals surface area contributed by atoms with Gasteiger partial charge < -0.3 is 15.7 Å². The molecule has 0 spiro atoms. The van der Waals surface area contributed by atoms with Crippen molar-refractivity contribution < 1.29 is 23.9 Å². The minimum Gasteiger partial charge on any atom is -0.480 e. The van der Waals surface area contributed by atoms with Crippen LogP contribution in [0, 0.1) is 5.82 Å². The normalized spacial score (nSPS) is 9.79. The first-order valence-corrected chi connectivity index (χ1v) is 5.35. The van der Waals surface area contributed by atoms with E-state index in [0.29, 0.717) is 0 Å². The van der Waals surface area contributed by atoms with Gasteiger partial charge >= 0.3 is 5.97 Å². The largest absolute Gasteiger partial charge is 0.480 e. The first-order chi connectivity index (χ1) is 8.90. The molecule has 0 aromatic carbocycles. The number of halogens is 2. The molecule has 2 amide bonds. The summed E-state index contributed by atoms with van der Waals surface area (Å²) in [5, 5.41) is 12.3. The van der Waals surface area contributed by atoms with Gasteiger partial charge in [0.1, 0.15) is 17.5 Å². The maximum absolute atomic E-state index is 12.9. The number of carbonyl (C=O) groups is 3. The van der Waals surface area contributed by atoms with Crippen LogP contribution in [-0.4, -0.2) is 41.0 Å². The van der Waals surface area contributed by atoms with Gasteiger partial charge in [0, 0.05) is 0 Å². The third kappa shape index (κ3) is 4.88. The van der Waals surface area contributed by atoms with E-state index in [9.17, 15) is 18.8 Å². The third-order valence-corrected chi connectivity index (χ3v) is 2.20. The molecule has 1 aromatic rings. The minimum absolute atomic E-state index is 0.204. The highest BCUT2D eigenvalue weighted by Crippen LogP contribution is 2.13. The van der Waals surface area contributed by atoms with E-state index in [0.717, 1.165) is 12.3 Å². The van der Waals surface area contributed by atoms with Crippen LogP contribution in [0.4, 0.5) is 4.39 Å². The molecule has 1 aromatic heterocycles. The van der Waals surface area contributed by atoms with Crippen molar-refractivity contribution in [2.75, 3.05) is 13.1 Å². The molecule has 0 saturated heterocycles. The monoisotopic (exact) mass is 289 g/mol. The highest BCUT2D eigenvalue weighted by molar-refractivity contribution is 6.32. The molecule has 3 N–H and O–H groups in total. The van der Waals surface area contributed by atoms with E-state index in [4.69, 9.17) is 16.7 Å². The van der Waals surface area contributed by atoms with Crippen LogP contribution < -0.4 is 10.6 Å². The summed E-state index contributed by atoms with van der Waals surface area (Å²) in [6.07, 6.45) is 0.846. The maximum Gasteiger partial charge on any atom is 0.322 e. The fraction of sp³-hybridized carbons (Fsp3) is 0.200. The van der Waals surface area contributed by atoms with Gasteiger partial charge in [0.2, 0.25) is 5.91 Å². The Morgan fingerprint density at radius 3 is 2.63 bits per heavy atom. The summed E-state index contributed by atoms with van der Waals surface area (Å²) in [6.45, 7) is -1.02. The van der Waals surface area contributed by atoms with Gasteiger partial charge in [0.15, 0.2) is 0 Å². The van der Waals surface area contributed by atoms with Crippen molar-refractivity contribution in [3.8, 4) is 0 Å². The zero-order valence-corrected chi connectivity index (χ0v) is 10.2. The van der Waals surface area contributed by atoms with E-state index < -0.39 is 36.7 Å². The molecule has 1 rings (SSSR count). The molecule has 19 heavy (non-hydrogen) atoms. The predicted octanol–water partition coefficient (Wildman–Crippen LogP) is -0.195. The van der Waals surface area contributed by atoms with Gasteiger partial charge in [0.25, 0.3) is 5.91 Å². The van der Waals surface area contributed by atoms with Crippen LogP contribution in [0.2, 0.25) is 5.15 Å². The summed E-state index contributed by atoms with van der Waals surface area (Å²) in [4.78, 5) is 36.3. The number of carbonyl (C=O) groups excluding carboxylic acids is 2. The fourth-order valence-electron chi connectivity index (χ4n) is 1.07. The molecular formula is C10H9ClFN3O4. The lowest BCUT2D eigenvalue weighted by atomic mass is 10.2. The Morgan fingerprint density at radius 2 is 2.00 bits per heavy atom. The average molecular weight is 290 g/mol. The highest BCUT2D eigenvalue weighted by Gasteiger charge is 2.14. The van der Waals surface area contributed by atoms with E-state index in [-0.39, 0.29) is 10.7 Å². The fourth-order valence-corrected chi connectivity index (χ4v) is 1.26. The smallest absolute Gasteiger partial charge is 0.322 e. The van der Waals surface area contributed by atoms with Gasteiger partial charge in [-0.05, 0) is 6.07 Å². The first-order valence-electron chi connectivity index (χ1n) is 4.98. The summed E-state index contributed by atoms with van der Waals surface area (Å²) >= 11 is 5.59. The molecule has 7 nitrogen and oxygen atoms in total. The van der Waals surface area contributed by atoms with Crippen molar-refractivity contribution in [1.29, 1.82) is 0 Å². The van der Waals surface area contributed by atoms with Crippen molar-refractivity contribution >= 4 is 29.4 Å². The third-order valence-electron chi connectivity index (χ3n) is 1.90. The van der Waals surface area contributed by atoms with Gasteiger partial charge in [-0.1, -0.05) is 11.6 Å². The molecule has 0 aliphatic rings. The summed E-state index contributed by atoms with van der Waals surface area (Å²) < 4.78 is 12.9. The molecule has 102 valence electrons. The number of carboxylic acids is 1. The topological polar surface area (TPSA) is 108 Å². The molecule has 0 bridgehead atoms. The Hall–Kier alpha value is -2.22. The molecule has 0 fully saturated rings. The van der Waals surface area contributed by atoms with Gasteiger partial charge in [-0.3, -0.25) is 14.4 Å². The van der Waals surface area contributed by atoms with Crippen LogP contribution in [0.1, 0.15) is 10.4 Å². The molecule has 1 heterocycles. The lowest BCUT2D eigenvalue weighted by molar-refractivity contribution is -0.137. The summed E-state index contributed by atoms with van der Waals surface area (Å²) in [7, 11) is 0. The molecule has 0 atom stereocenters. The molecule has 0 unspecified atom stereocenters. The predicted molar refractivity (Wildman–Crippen MR) is 62.2 cm³/mol. The Kier molecular flexibility index (Phi) is 5.19. The zero-order chi connectivity index (χ0) is 14.4. The number of pyridine rings is 1. The van der Waals surface area contributed by atoms with E-state index in [2.05, 4.69) is 10.3 Å². The molecule has 9 heteroatoms. The van der Waals surface area contributed by atoms with Crippen molar-refractivity contribution in [3.05, 3.63) is 28.8 Å². The zero-order valence-electron chi connectivity index (χ0n) is 9.44. The van der Waals surface area contributed by atoms with Crippen LogP contribution in [-0.2, 0) is 9.59 Å². The quantitative estimate of drug-likeness (QED) is 0.651. The van der Waals surface area contributed by atoms with Crippen molar-refractivity contribution in [2.45, 2.75) is 0 Å². The van der Waals surface area contributed by atoms with Crippen molar-refractivity contribution in [2.24, 2.45) is 0 Å². The lowest BCUT2D eigenvalue weighted by Gasteiger charge is -2.06.